The maximum absolute atomic E-state index is 12.7. The van der Waals surface area contributed by atoms with Crippen molar-refractivity contribution < 1.29 is 14.3 Å². The Morgan fingerprint density at radius 2 is 1.89 bits per heavy atom. The highest BCUT2D eigenvalue weighted by Crippen LogP contribution is 2.37. The number of hydrogen-bond acceptors (Lipinski definition) is 4. The summed E-state index contributed by atoms with van der Waals surface area (Å²) in [7, 11) is 0. The van der Waals surface area contributed by atoms with Gasteiger partial charge in [0.15, 0.2) is 11.5 Å². The molecule has 0 bridgehead atoms. The molecule has 1 fully saturated rings. The van der Waals surface area contributed by atoms with Crippen molar-refractivity contribution in [3.8, 4) is 11.5 Å². The molecule has 1 amide bonds. The average Bonchev–Trinajstić information content (AvgIpc) is 2.99. The first kappa shape index (κ1) is 18.8. The van der Waals surface area contributed by atoms with E-state index in [0.717, 1.165) is 48.6 Å². The van der Waals surface area contributed by atoms with Crippen LogP contribution in [0.1, 0.15) is 42.0 Å². The van der Waals surface area contributed by atoms with Crippen LogP contribution in [0.4, 0.5) is 5.69 Å². The Hall–Kier alpha value is -2.53. The number of nitrogens with zero attached hydrogens (tertiary/aromatic N) is 1. The summed E-state index contributed by atoms with van der Waals surface area (Å²) in [6.07, 6.45) is 3.05. The van der Waals surface area contributed by atoms with E-state index in [9.17, 15) is 4.79 Å². The molecule has 0 aliphatic carbocycles. The largest absolute Gasteiger partial charge is 0.490 e. The first-order valence-electron chi connectivity index (χ1n) is 10.1. The molecule has 4 rings (SSSR count). The lowest BCUT2D eigenvalue weighted by molar-refractivity contribution is -0.117. The van der Waals surface area contributed by atoms with Crippen molar-refractivity contribution in [2.75, 3.05) is 31.6 Å². The van der Waals surface area contributed by atoms with Crippen molar-refractivity contribution in [3.05, 3.63) is 53.1 Å². The molecule has 2 aliphatic heterocycles. The van der Waals surface area contributed by atoms with Gasteiger partial charge in [-0.1, -0.05) is 23.8 Å². The van der Waals surface area contributed by atoms with Crippen LogP contribution >= 0.6 is 0 Å². The third-order valence-electron chi connectivity index (χ3n) is 5.52. The number of fused-ring (bicyclic) bond motifs is 1. The maximum Gasteiger partial charge on any atom is 0.238 e. The van der Waals surface area contributed by atoms with Gasteiger partial charge in [-0.15, -0.1) is 0 Å². The summed E-state index contributed by atoms with van der Waals surface area (Å²) in [6, 6.07) is 12.5. The van der Waals surface area contributed by atoms with E-state index in [2.05, 4.69) is 35.3 Å². The summed E-state index contributed by atoms with van der Waals surface area (Å²) >= 11 is 0. The van der Waals surface area contributed by atoms with E-state index in [1.54, 1.807) is 0 Å². The fourth-order valence-electron chi connectivity index (χ4n) is 4.11. The number of aryl methyl sites for hydroxylation is 2. The molecule has 2 aliphatic rings. The van der Waals surface area contributed by atoms with E-state index >= 15 is 0 Å². The second-order valence-corrected chi connectivity index (χ2v) is 7.75. The number of ether oxygens (including phenoxy) is 2. The normalized spacial score (nSPS) is 19.3. The number of carbonyl (C=O) groups excluding carboxylic acids is 1. The molecule has 0 radical (unpaired) electrons. The van der Waals surface area contributed by atoms with Crippen LogP contribution in [0.15, 0.2) is 36.4 Å². The van der Waals surface area contributed by atoms with Crippen LogP contribution < -0.4 is 14.8 Å². The molecule has 28 heavy (non-hydrogen) atoms. The highest BCUT2D eigenvalue weighted by Gasteiger charge is 2.28. The number of anilines is 1. The van der Waals surface area contributed by atoms with Gasteiger partial charge in [0.2, 0.25) is 5.91 Å². The fourth-order valence-corrected chi connectivity index (χ4v) is 4.11. The van der Waals surface area contributed by atoms with E-state index in [1.165, 1.54) is 11.1 Å². The van der Waals surface area contributed by atoms with Crippen LogP contribution in [0, 0.1) is 13.8 Å². The fraction of sp³-hybridized carbons (Fsp3) is 0.435. The van der Waals surface area contributed by atoms with Gasteiger partial charge in [0.25, 0.3) is 0 Å². The summed E-state index contributed by atoms with van der Waals surface area (Å²) in [5.74, 6) is 1.67. The summed E-state index contributed by atoms with van der Waals surface area (Å²) in [5.41, 5.74) is 4.38. The van der Waals surface area contributed by atoms with Gasteiger partial charge < -0.3 is 14.8 Å². The number of rotatable bonds is 4. The minimum Gasteiger partial charge on any atom is -0.490 e. The number of amides is 1. The van der Waals surface area contributed by atoms with Crippen LogP contribution in [0.5, 0.6) is 11.5 Å². The summed E-state index contributed by atoms with van der Waals surface area (Å²) in [4.78, 5) is 14.9. The van der Waals surface area contributed by atoms with Gasteiger partial charge in [0.05, 0.1) is 19.8 Å². The minimum atomic E-state index is 0.0354. The second kappa shape index (κ2) is 8.23. The Kier molecular flexibility index (Phi) is 5.53. The zero-order valence-electron chi connectivity index (χ0n) is 16.7. The Morgan fingerprint density at radius 3 is 2.71 bits per heavy atom. The molecule has 1 N–H and O–H groups in total. The lowest BCUT2D eigenvalue weighted by Crippen LogP contribution is -2.33. The van der Waals surface area contributed by atoms with E-state index in [0.29, 0.717) is 19.8 Å². The lowest BCUT2D eigenvalue weighted by atomic mass is 10.0. The van der Waals surface area contributed by atoms with Crippen molar-refractivity contribution in [2.45, 2.75) is 39.2 Å². The van der Waals surface area contributed by atoms with Crippen LogP contribution in [0.2, 0.25) is 0 Å². The van der Waals surface area contributed by atoms with E-state index < -0.39 is 0 Å². The van der Waals surface area contributed by atoms with E-state index in [1.807, 2.05) is 25.1 Å². The number of carbonyl (C=O) groups is 1. The Labute approximate surface area is 166 Å². The quantitative estimate of drug-likeness (QED) is 0.862. The highest BCUT2D eigenvalue weighted by molar-refractivity contribution is 5.93. The number of likely N-dealkylation sites (tertiary alicyclic amines) is 1. The Morgan fingerprint density at radius 1 is 1.07 bits per heavy atom. The van der Waals surface area contributed by atoms with E-state index in [4.69, 9.17) is 9.47 Å². The molecule has 0 saturated carbocycles. The summed E-state index contributed by atoms with van der Waals surface area (Å²) < 4.78 is 11.6. The van der Waals surface area contributed by atoms with Crippen molar-refractivity contribution in [1.82, 2.24) is 4.90 Å². The van der Waals surface area contributed by atoms with Gasteiger partial charge in [-0.2, -0.15) is 0 Å². The molecular formula is C23H28N2O3. The zero-order valence-corrected chi connectivity index (χ0v) is 16.7. The topological polar surface area (TPSA) is 50.8 Å². The number of benzene rings is 2. The molecule has 148 valence electrons. The predicted molar refractivity (Wildman–Crippen MR) is 110 cm³/mol. The van der Waals surface area contributed by atoms with Gasteiger partial charge in [0, 0.05) is 18.2 Å². The van der Waals surface area contributed by atoms with Crippen molar-refractivity contribution >= 4 is 11.6 Å². The number of nitrogens with one attached hydrogen (secondary N) is 1. The molecule has 5 heteroatoms. The van der Waals surface area contributed by atoms with Crippen molar-refractivity contribution in [1.29, 1.82) is 0 Å². The molecule has 1 unspecified atom stereocenters. The average molecular weight is 380 g/mol. The van der Waals surface area contributed by atoms with Gasteiger partial charge in [-0.25, -0.2) is 0 Å². The second-order valence-electron chi connectivity index (χ2n) is 7.75. The third-order valence-corrected chi connectivity index (χ3v) is 5.52. The highest BCUT2D eigenvalue weighted by atomic mass is 16.5. The van der Waals surface area contributed by atoms with Crippen LogP contribution in [-0.4, -0.2) is 37.1 Å². The summed E-state index contributed by atoms with van der Waals surface area (Å²) in [6.45, 7) is 6.79. The van der Waals surface area contributed by atoms with Crippen LogP contribution in [0.25, 0.3) is 0 Å². The SMILES string of the molecule is Cc1ccc(NC(=O)CN2CCCC2c2ccc3c(c2)OCCCO3)c(C)c1. The van der Waals surface area contributed by atoms with Gasteiger partial charge >= 0.3 is 0 Å². The molecule has 1 atom stereocenters. The standard InChI is InChI=1S/C23H28N2O3/c1-16-6-8-19(17(2)13-16)24-23(26)15-25-10-3-5-20(25)18-7-9-21-22(14-18)28-12-4-11-27-21/h6-9,13-14,20H,3-5,10-12,15H2,1-2H3,(H,24,26). The summed E-state index contributed by atoms with van der Waals surface area (Å²) in [5, 5.41) is 3.07. The molecule has 2 heterocycles. The Balaban J connectivity index is 1.45. The first-order valence-corrected chi connectivity index (χ1v) is 10.1. The molecule has 1 saturated heterocycles. The Bertz CT molecular complexity index is 865. The molecule has 0 spiro atoms. The third kappa shape index (κ3) is 4.14. The molecular weight excluding hydrogens is 352 g/mol. The van der Waals surface area contributed by atoms with Crippen molar-refractivity contribution in [2.24, 2.45) is 0 Å². The predicted octanol–water partition coefficient (Wildman–Crippen LogP) is 4.24. The van der Waals surface area contributed by atoms with Gasteiger partial charge in [-0.3, -0.25) is 9.69 Å². The van der Waals surface area contributed by atoms with Gasteiger partial charge in [-0.05, 0) is 62.6 Å². The molecule has 2 aromatic carbocycles. The van der Waals surface area contributed by atoms with Crippen LogP contribution in [-0.2, 0) is 4.79 Å². The van der Waals surface area contributed by atoms with Gasteiger partial charge in [0.1, 0.15) is 0 Å². The maximum atomic E-state index is 12.7. The molecule has 2 aromatic rings. The molecule has 5 nitrogen and oxygen atoms in total. The monoisotopic (exact) mass is 380 g/mol. The minimum absolute atomic E-state index is 0.0354. The zero-order chi connectivity index (χ0) is 19.5. The molecule has 0 aromatic heterocycles. The number of hydrogen-bond donors (Lipinski definition) is 1. The van der Waals surface area contributed by atoms with E-state index in [-0.39, 0.29) is 11.9 Å². The smallest absolute Gasteiger partial charge is 0.238 e. The lowest BCUT2D eigenvalue weighted by Gasteiger charge is -2.25. The van der Waals surface area contributed by atoms with Crippen LogP contribution in [0.3, 0.4) is 0 Å². The first-order chi connectivity index (χ1) is 13.6. The van der Waals surface area contributed by atoms with Crippen molar-refractivity contribution in [3.63, 3.8) is 0 Å².